The van der Waals surface area contributed by atoms with E-state index in [1.165, 1.54) is 6.07 Å². The molecule has 0 radical (unpaired) electrons. The first-order valence-electron chi connectivity index (χ1n) is 3.25. The molecule has 0 bridgehead atoms. The van der Waals surface area contributed by atoms with Crippen molar-refractivity contribution in [2.45, 2.75) is 11.8 Å². The second-order valence-electron chi connectivity index (χ2n) is 2.22. The average molecular weight is 382 g/mol. The van der Waals surface area contributed by atoms with Gasteiger partial charge in [-0.3, -0.25) is 0 Å². The summed E-state index contributed by atoms with van der Waals surface area (Å²) in [4.78, 5) is 3.76. The summed E-state index contributed by atoms with van der Waals surface area (Å²) in [7, 11) is 0. The molecule has 6 heteroatoms. The highest BCUT2D eigenvalue weighted by Gasteiger charge is 2.14. The van der Waals surface area contributed by atoms with Crippen LogP contribution in [0.3, 0.4) is 0 Å². The van der Waals surface area contributed by atoms with Gasteiger partial charge in [0.1, 0.15) is 5.69 Å². The number of hydrogen-bond acceptors (Lipinski definition) is 1. The first kappa shape index (κ1) is 11.6. The van der Waals surface area contributed by atoms with E-state index in [1.807, 2.05) is 22.6 Å². The zero-order valence-corrected chi connectivity index (χ0v) is 10.7. The molecule has 0 aromatic carbocycles. The Bertz CT molecular complexity index is 322. The lowest BCUT2D eigenvalue weighted by Gasteiger charge is -2.05. The zero-order valence-electron chi connectivity index (χ0n) is 6.20. The van der Waals surface area contributed by atoms with Gasteiger partial charge in [-0.1, -0.05) is 27.5 Å². The fourth-order valence-corrected chi connectivity index (χ4v) is 2.39. The third kappa shape index (κ3) is 2.73. The lowest BCUT2D eigenvalue weighted by molar-refractivity contribution is 0.146. The van der Waals surface area contributed by atoms with Gasteiger partial charge in [0, 0.05) is 5.33 Å². The molecule has 1 aromatic rings. The zero-order chi connectivity index (χ0) is 10.0. The van der Waals surface area contributed by atoms with Gasteiger partial charge in [0.05, 0.1) is 14.3 Å². The topological polar surface area (TPSA) is 12.9 Å². The van der Waals surface area contributed by atoms with E-state index < -0.39 is 6.43 Å². The summed E-state index contributed by atoms with van der Waals surface area (Å²) in [6.45, 7) is 0. The van der Waals surface area contributed by atoms with E-state index in [4.69, 9.17) is 11.6 Å². The van der Waals surface area contributed by atoms with Crippen molar-refractivity contribution in [1.29, 1.82) is 0 Å². The maximum atomic E-state index is 12.3. The monoisotopic (exact) mass is 381 g/mol. The molecule has 1 nitrogen and oxygen atoms in total. The van der Waals surface area contributed by atoms with Gasteiger partial charge in [-0.05, 0) is 28.7 Å². The number of pyridine rings is 1. The van der Waals surface area contributed by atoms with Crippen LogP contribution in [-0.4, -0.2) is 4.98 Å². The van der Waals surface area contributed by atoms with Crippen LogP contribution >= 0.6 is 50.1 Å². The predicted octanol–water partition coefficient (Wildman–Crippen LogP) is 4.17. The van der Waals surface area contributed by atoms with E-state index in [0.29, 0.717) is 19.6 Å². The number of halogens is 5. The quantitative estimate of drug-likeness (QED) is 0.553. The molecule has 1 heterocycles. The van der Waals surface area contributed by atoms with E-state index in [0.717, 1.165) is 0 Å². The van der Waals surface area contributed by atoms with Crippen LogP contribution < -0.4 is 0 Å². The number of aromatic nitrogens is 1. The van der Waals surface area contributed by atoms with Crippen LogP contribution in [0.4, 0.5) is 8.78 Å². The normalized spacial score (nSPS) is 10.9. The molecular weight excluding hydrogens is 378 g/mol. The van der Waals surface area contributed by atoms with Gasteiger partial charge in [-0.25, -0.2) is 13.8 Å². The predicted molar refractivity (Wildman–Crippen MR) is 59.6 cm³/mol. The maximum absolute atomic E-state index is 12.3. The van der Waals surface area contributed by atoms with Crippen LogP contribution in [0, 0.1) is 3.57 Å². The van der Waals surface area contributed by atoms with Crippen LogP contribution in [0.25, 0.3) is 0 Å². The first-order chi connectivity index (χ1) is 6.06. The summed E-state index contributed by atoms with van der Waals surface area (Å²) < 4.78 is 25.2. The van der Waals surface area contributed by atoms with Crippen LogP contribution in [-0.2, 0) is 5.33 Å². The third-order valence-electron chi connectivity index (χ3n) is 1.35. The molecule has 72 valence electrons. The fraction of sp³-hybridized carbons (Fsp3) is 0.286. The summed E-state index contributed by atoms with van der Waals surface area (Å²) in [6.07, 6.45) is -2.58. The SMILES string of the molecule is FC(F)c1cc(Cl)c(I)c(CBr)n1. The lowest BCUT2D eigenvalue weighted by atomic mass is 10.3. The molecule has 0 aliphatic carbocycles. The Morgan fingerprint density at radius 1 is 1.62 bits per heavy atom. The smallest absolute Gasteiger partial charge is 0.250 e. The molecule has 0 aliphatic heterocycles. The van der Waals surface area contributed by atoms with E-state index in [9.17, 15) is 8.78 Å². The highest BCUT2D eigenvalue weighted by Crippen LogP contribution is 2.27. The van der Waals surface area contributed by atoms with E-state index in [-0.39, 0.29) is 5.69 Å². The Morgan fingerprint density at radius 2 is 2.23 bits per heavy atom. The van der Waals surface area contributed by atoms with Crippen molar-refractivity contribution in [3.63, 3.8) is 0 Å². The van der Waals surface area contributed by atoms with E-state index in [2.05, 4.69) is 20.9 Å². The Balaban J connectivity index is 3.22. The van der Waals surface area contributed by atoms with Gasteiger partial charge >= 0.3 is 0 Å². The molecule has 0 N–H and O–H groups in total. The van der Waals surface area contributed by atoms with Gasteiger partial charge < -0.3 is 0 Å². The maximum Gasteiger partial charge on any atom is 0.280 e. The molecular formula is C7H4BrClF2IN. The highest BCUT2D eigenvalue weighted by atomic mass is 127. The molecule has 0 saturated carbocycles. The van der Waals surface area contributed by atoms with Crippen molar-refractivity contribution in [3.8, 4) is 0 Å². The number of hydrogen-bond donors (Lipinski definition) is 0. The molecule has 0 aliphatic rings. The number of rotatable bonds is 2. The van der Waals surface area contributed by atoms with Crippen molar-refractivity contribution in [3.05, 3.63) is 26.0 Å². The summed E-state index contributed by atoms with van der Waals surface area (Å²) in [5, 5.41) is 0.742. The summed E-state index contributed by atoms with van der Waals surface area (Å²) in [6, 6.07) is 1.19. The van der Waals surface area contributed by atoms with Crippen molar-refractivity contribution in [1.82, 2.24) is 4.98 Å². The van der Waals surface area contributed by atoms with Crippen molar-refractivity contribution < 1.29 is 8.78 Å². The molecule has 0 unspecified atom stereocenters. The minimum atomic E-state index is -2.58. The largest absolute Gasteiger partial charge is 0.280 e. The van der Waals surface area contributed by atoms with Crippen molar-refractivity contribution >= 4 is 50.1 Å². The van der Waals surface area contributed by atoms with E-state index in [1.54, 1.807) is 0 Å². The number of alkyl halides is 3. The van der Waals surface area contributed by atoms with E-state index >= 15 is 0 Å². The van der Waals surface area contributed by atoms with Gasteiger partial charge in [0.2, 0.25) is 0 Å². The molecule has 1 rings (SSSR count). The van der Waals surface area contributed by atoms with Crippen LogP contribution in [0.1, 0.15) is 17.8 Å². The first-order valence-corrected chi connectivity index (χ1v) is 5.83. The fourth-order valence-electron chi connectivity index (χ4n) is 0.769. The van der Waals surface area contributed by atoms with Gasteiger partial charge in [-0.15, -0.1) is 0 Å². The molecule has 0 atom stereocenters. The van der Waals surface area contributed by atoms with Crippen LogP contribution in [0.5, 0.6) is 0 Å². The molecule has 13 heavy (non-hydrogen) atoms. The summed E-state index contributed by atoms with van der Waals surface area (Å²) >= 11 is 10.9. The molecule has 0 spiro atoms. The molecule has 0 saturated heterocycles. The summed E-state index contributed by atoms with van der Waals surface area (Å²) in [5.74, 6) is 0. The second-order valence-corrected chi connectivity index (χ2v) is 4.27. The lowest BCUT2D eigenvalue weighted by Crippen LogP contribution is -1.98. The Morgan fingerprint density at radius 3 is 2.69 bits per heavy atom. The minimum absolute atomic E-state index is 0.278. The summed E-state index contributed by atoms with van der Waals surface area (Å²) in [5.41, 5.74) is 0.267. The third-order valence-corrected chi connectivity index (χ3v) is 3.70. The second kappa shape index (κ2) is 4.84. The molecule has 0 amide bonds. The van der Waals surface area contributed by atoms with Gasteiger partial charge in [0.15, 0.2) is 0 Å². The number of nitrogens with zero attached hydrogens (tertiary/aromatic N) is 1. The van der Waals surface area contributed by atoms with Crippen molar-refractivity contribution in [2.75, 3.05) is 0 Å². The standard InChI is InChI=1S/C7H4BrClF2IN/c8-2-5-6(12)3(9)1-4(13-5)7(10)11/h1,7H,2H2. The Kier molecular flexibility index (Phi) is 4.31. The van der Waals surface area contributed by atoms with Crippen LogP contribution in [0.15, 0.2) is 6.07 Å². The van der Waals surface area contributed by atoms with Gasteiger partial charge in [0.25, 0.3) is 6.43 Å². The molecule has 1 aromatic heterocycles. The van der Waals surface area contributed by atoms with Crippen molar-refractivity contribution in [2.24, 2.45) is 0 Å². The Hall–Kier alpha value is 0.510. The highest BCUT2D eigenvalue weighted by molar-refractivity contribution is 14.1. The van der Waals surface area contributed by atoms with Gasteiger partial charge in [-0.2, -0.15) is 0 Å². The average Bonchev–Trinajstić information content (AvgIpc) is 2.09. The van der Waals surface area contributed by atoms with Crippen LogP contribution in [0.2, 0.25) is 5.02 Å². The minimum Gasteiger partial charge on any atom is -0.250 e. The molecule has 0 fully saturated rings. The Labute approximate surface area is 101 Å².